The van der Waals surface area contributed by atoms with Crippen LogP contribution in [0, 0.1) is 0 Å². The standard InChI is InChI=1S/C21H26ClN3O/c1-16(18-6-4-3-5-7-18)23-21(26)17(2)24-12-14-25(15-13-24)20-10-8-19(22)9-11-20/h3-11,16-17H,12-15H2,1-2H3,(H,23,26)/t16-,17+/m0/s1. The number of benzene rings is 2. The smallest absolute Gasteiger partial charge is 0.237 e. The second kappa shape index (κ2) is 8.56. The maximum atomic E-state index is 12.6. The van der Waals surface area contributed by atoms with Gasteiger partial charge in [0, 0.05) is 36.9 Å². The molecule has 1 aliphatic rings. The van der Waals surface area contributed by atoms with Crippen LogP contribution in [0.1, 0.15) is 25.5 Å². The first-order chi connectivity index (χ1) is 12.5. The molecule has 3 rings (SSSR count). The first kappa shape index (κ1) is 18.7. The number of carbonyl (C=O) groups is 1. The van der Waals surface area contributed by atoms with Crippen molar-refractivity contribution in [2.24, 2.45) is 0 Å². The molecule has 0 unspecified atom stereocenters. The van der Waals surface area contributed by atoms with E-state index in [1.54, 1.807) is 0 Å². The molecule has 1 heterocycles. The van der Waals surface area contributed by atoms with E-state index in [4.69, 9.17) is 11.6 Å². The van der Waals surface area contributed by atoms with E-state index in [0.29, 0.717) is 0 Å². The van der Waals surface area contributed by atoms with Crippen LogP contribution < -0.4 is 10.2 Å². The molecular weight excluding hydrogens is 346 g/mol. The molecule has 1 N–H and O–H groups in total. The Morgan fingerprint density at radius 1 is 0.962 bits per heavy atom. The summed E-state index contributed by atoms with van der Waals surface area (Å²) < 4.78 is 0. The van der Waals surface area contributed by atoms with Crippen molar-refractivity contribution in [1.82, 2.24) is 10.2 Å². The molecule has 0 saturated carbocycles. The van der Waals surface area contributed by atoms with Crippen molar-refractivity contribution in [3.8, 4) is 0 Å². The SMILES string of the molecule is C[C@H](NC(=O)[C@@H](C)N1CCN(c2ccc(Cl)cc2)CC1)c1ccccc1. The third kappa shape index (κ3) is 4.57. The Bertz CT molecular complexity index is 712. The van der Waals surface area contributed by atoms with Crippen LogP contribution in [0.3, 0.4) is 0 Å². The van der Waals surface area contributed by atoms with Crippen LogP contribution >= 0.6 is 11.6 Å². The molecule has 1 aliphatic heterocycles. The van der Waals surface area contributed by atoms with Gasteiger partial charge in [-0.1, -0.05) is 41.9 Å². The van der Waals surface area contributed by atoms with Gasteiger partial charge in [0.2, 0.25) is 5.91 Å². The highest BCUT2D eigenvalue weighted by Crippen LogP contribution is 2.20. The summed E-state index contributed by atoms with van der Waals surface area (Å²) in [5.74, 6) is 0.0845. The van der Waals surface area contributed by atoms with Gasteiger partial charge in [-0.25, -0.2) is 0 Å². The molecule has 2 aromatic carbocycles. The summed E-state index contributed by atoms with van der Waals surface area (Å²) in [5.41, 5.74) is 2.31. The number of nitrogens with zero attached hydrogens (tertiary/aromatic N) is 2. The van der Waals surface area contributed by atoms with Gasteiger partial charge in [-0.15, -0.1) is 0 Å². The first-order valence-electron chi connectivity index (χ1n) is 9.14. The van der Waals surface area contributed by atoms with Gasteiger partial charge in [-0.3, -0.25) is 9.69 Å². The van der Waals surface area contributed by atoms with Crippen LogP contribution in [0.5, 0.6) is 0 Å². The molecule has 2 aromatic rings. The zero-order valence-electron chi connectivity index (χ0n) is 15.4. The Balaban J connectivity index is 1.52. The number of halogens is 1. The van der Waals surface area contributed by atoms with Gasteiger partial charge in [0.15, 0.2) is 0 Å². The Kier molecular flexibility index (Phi) is 6.17. The predicted octanol–water partition coefficient (Wildman–Crippen LogP) is 3.73. The zero-order valence-corrected chi connectivity index (χ0v) is 16.1. The molecule has 0 spiro atoms. The Labute approximate surface area is 160 Å². The molecule has 1 amide bonds. The topological polar surface area (TPSA) is 35.6 Å². The van der Waals surface area contributed by atoms with Crippen LogP contribution in [0.25, 0.3) is 0 Å². The number of anilines is 1. The summed E-state index contributed by atoms with van der Waals surface area (Å²) in [6, 6.07) is 17.9. The van der Waals surface area contributed by atoms with E-state index in [2.05, 4.69) is 27.2 Å². The van der Waals surface area contributed by atoms with E-state index in [1.165, 1.54) is 5.69 Å². The van der Waals surface area contributed by atoms with Crippen LogP contribution in [0.4, 0.5) is 5.69 Å². The van der Waals surface area contributed by atoms with Gasteiger partial charge in [0.1, 0.15) is 0 Å². The Hall–Kier alpha value is -2.04. The second-order valence-electron chi connectivity index (χ2n) is 6.82. The number of carbonyl (C=O) groups excluding carboxylic acids is 1. The van der Waals surface area contributed by atoms with Gasteiger partial charge in [0.25, 0.3) is 0 Å². The summed E-state index contributed by atoms with van der Waals surface area (Å²) in [6.07, 6.45) is 0. The molecular formula is C21H26ClN3O. The maximum Gasteiger partial charge on any atom is 0.237 e. The lowest BCUT2D eigenvalue weighted by Crippen LogP contribution is -2.54. The van der Waals surface area contributed by atoms with E-state index in [1.807, 2.05) is 56.3 Å². The highest BCUT2D eigenvalue weighted by molar-refractivity contribution is 6.30. The normalized spacial score (nSPS) is 17.6. The molecule has 1 fully saturated rings. The Morgan fingerprint density at radius 2 is 1.58 bits per heavy atom. The molecule has 26 heavy (non-hydrogen) atoms. The summed E-state index contributed by atoms with van der Waals surface area (Å²) in [4.78, 5) is 17.2. The monoisotopic (exact) mass is 371 g/mol. The van der Waals surface area contributed by atoms with Gasteiger partial charge in [-0.2, -0.15) is 0 Å². The number of rotatable bonds is 5. The molecule has 1 saturated heterocycles. The fraction of sp³-hybridized carbons (Fsp3) is 0.381. The number of nitrogens with one attached hydrogen (secondary N) is 1. The van der Waals surface area contributed by atoms with E-state index in [9.17, 15) is 4.79 Å². The maximum absolute atomic E-state index is 12.6. The fourth-order valence-corrected chi connectivity index (χ4v) is 3.47. The van der Waals surface area contributed by atoms with Crippen LogP contribution in [-0.2, 0) is 4.79 Å². The minimum absolute atomic E-state index is 0.0153. The van der Waals surface area contributed by atoms with Crippen molar-refractivity contribution in [2.75, 3.05) is 31.1 Å². The third-order valence-electron chi connectivity index (χ3n) is 5.09. The highest BCUT2D eigenvalue weighted by atomic mass is 35.5. The number of piperazine rings is 1. The largest absolute Gasteiger partial charge is 0.369 e. The van der Waals surface area contributed by atoms with Crippen LogP contribution in [-0.4, -0.2) is 43.0 Å². The predicted molar refractivity (Wildman–Crippen MR) is 108 cm³/mol. The number of hydrogen-bond donors (Lipinski definition) is 1. The van der Waals surface area contributed by atoms with Crippen molar-refractivity contribution in [3.63, 3.8) is 0 Å². The van der Waals surface area contributed by atoms with Crippen molar-refractivity contribution >= 4 is 23.2 Å². The lowest BCUT2D eigenvalue weighted by Gasteiger charge is -2.38. The number of amides is 1. The quantitative estimate of drug-likeness (QED) is 0.869. The minimum atomic E-state index is -0.131. The lowest BCUT2D eigenvalue weighted by atomic mass is 10.1. The van der Waals surface area contributed by atoms with E-state index in [0.717, 1.165) is 36.8 Å². The summed E-state index contributed by atoms with van der Waals surface area (Å²) in [7, 11) is 0. The van der Waals surface area contributed by atoms with Gasteiger partial charge in [0.05, 0.1) is 12.1 Å². The summed E-state index contributed by atoms with van der Waals surface area (Å²) in [6.45, 7) is 7.58. The molecule has 4 nitrogen and oxygen atoms in total. The van der Waals surface area contributed by atoms with Gasteiger partial charge >= 0.3 is 0 Å². The average Bonchev–Trinajstić information content (AvgIpc) is 2.69. The lowest BCUT2D eigenvalue weighted by molar-refractivity contribution is -0.126. The fourth-order valence-electron chi connectivity index (χ4n) is 3.34. The third-order valence-corrected chi connectivity index (χ3v) is 5.34. The molecule has 0 bridgehead atoms. The van der Waals surface area contributed by atoms with Crippen molar-refractivity contribution in [3.05, 3.63) is 65.2 Å². The van der Waals surface area contributed by atoms with E-state index in [-0.39, 0.29) is 18.0 Å². The zero-order chi connectivity index (χ0) is 18.5. The van der Waals surface area contributed by atoms with Gasteiger partial charge < -0.3 is 10.2 Å². The van der Waals surface area contributed by atoms with Crippen LogP contribution in [0.15, 0.2) is 54.6 Å². The molecule has 0 aliphatic carbocycles. The van der Waals surface area contributed by atoms with E-state index >= 15 is 0 Å². The molecule has 138 valence electrons. The number of hydrogen-bond acceptors (Lipinski definition) is 3. The van der Waals surface area contributed by atoms with Crippen molar-refractivity contribution in [1.29, 1.82) is 0 Å². The molecule has 0 aromatic heterocycles. The minimum Gasteiger partial charge on any atom is -0.369 e. The second-order valence-corrected chi connectivity index (χ2v) is 7.25. The summed E-state index contributed by atoms with van der Waals surface area (Å²) >= 11 is 5.96. The molecule has 0 radical (unpaired) electrons. The molecule has 2 atom stereocenters. The molecule has 5 heteroatoms. The van der Waals surface area contributed by atoms with Crippen molar-refractivity contribution in [2.45, 2.75) is 25.9 Å². The first-order valence-corrected chi connectivity index (χ1v) is 9.52. The Morgan fingerprint density at radius 3 is 2.19 bits per heavy atom. The highest BCUT2D eigenvalue weighted by Gasteiger charge is 2.26. The summed E-state index contributed by atoms with van der Waals surface area (Å²) in [5, 5.41) is 3.89. The van der Waals surface area contributed by atoms with E-state index < -0.39 is 0 Å². The van der Waals surface area contributed by atoms with Crippen LogP contribution in [0.2, 0.25) is 5.02 Å². The van der Waals surface area contributed by atoms with Gasteiger partial charge in [-0.05, 0) is 43.7 Å². The average molecular weight is 372 g/mol. The van der Waals surface area contributed by atoms with Crippen molar-refractivity contribution < 1.29 is 4.79 Å².